The van der Waals surface area contributed by atoms with Crippen LogP contribution in [0.1, 0.15) is 41.6 Å². The first-order valence-electron chi connectivity index (χ1n) is 11.9. The molecule has 4 rings (SSSR count). The highest BCUT2D eigenvalue weighted by Crippen LogP contribution is 2.24. The molecule has 1 atom stereocenters. The second-order valence-corrected chi connectivity index (χ2v) is 8.93. The average Bonchev–Trinajstić information content (AvgIpc) is 3.35. The van der Waals surface area contributed by atoms with Gasteiger partial charge in [0.1, 0.15) is 6.04 Å². The van der Waals surface area contributed by atoms with E-state index in [9.17, 15) is 19.2 Å². The smallest absolute Gasteiger partial charge is 0.261 e. The van der Waals surface area contributed by atoms with Crippen LogP contribution >= 0.6 is 0 Å². The molecule has 3 aliphatic heterocycles. The van der Waals surface area contributed by atoms with E-state index >= 15 is 0 Å². The first kappa shape index (κ1) is 24.3. The Labute approximate surface area is 199 Å². The SMILES string of the molecule is Cc1ccc(N2CCN(CCCC3OCCO3)CC2)cc1C(=O)N(C=O)C1CCC(=O)NC1=O. The molecule has 184 valence electrons. The van der Waals surface area contributed by atoms with Crippen LogP contribution < -0.4 is 10.2 Å². The summed E-state index contributed by atoms with van der Waals surface area (Å²) >= 11 is 0. The highest BCUT2D eigenvalue weighted by Gasteiger charge is 2.35. The summed E-state index contributed by atoms with van der Waals surface area (Å²) < 4.78 is 11.0. The van der Waals surface area contributed by atoms with Gasteiger partial charge in [-0.1, -0.05) is 6.07 Å². The van der Waals surface area contributed by atoms with Crippen LogP contribution in [-0.4, -0.2) is 92.2 Å². The quantitative estimate of drug-likeness (QED) is 0.435. The first-order valence-corrected chi connectivity index (χ1v) is 11.9. The van der Waals surface area contributed by atoms with Gasteiger partial charge in [0.15, 0.2) is 6.29 Å². The van der Waals surface area contributed by atoms with Gasteiger partial charge >= 0.3 is 0 Å². The molecule has 3 saturated heterocycles. The Hall–Kier alpha value is -2.82. The van der Waals surface area contributed by atoms with E-state index in [0.29, 0.717) is 25.2 Å². The van der Waals surface area contributed by atoms with Gasteiger partial charge in [-0.15, -0.1) is 0 Å². The zero-order valence-corrected chi connectivity index (χ0v) is 19.5. The normalized spacial score (nSPS) is 22.0. The number of imide groups is 2. The summed E-state index contributed by atoms with van der Waals surface area (Å²) in [5, 5.41) is 2.21. The van der Waals surface area contributed by atoms with Crippen molar-refractivity contribution < 1.29 is 28.7 Å². The van der Waals surface area contributed by atoms with Crippen molar-refractivity contribution in [2.75, 3.05) is 50.8 Å². The zero-order valence-electron chi connectivity index (χ0n) is 19.5. The summed E-state index contributed by atoms with van der Waals surface area (Å²) in [7, 11) is 0. The molecular weight excluding hydrogens is 440 g/mol. The van der Waals surface area contributed by atoms with Crippen molar-refractivity contribution in [2.24, 2.45) is 0 Å². The summed E-state index contributed by atoms with van der Waals surface area (Å²) in [6, 6.07) is 4.66. The maximum atomic E-state index is 13.2. The van der Waals surface area contributed by atoms with Gasteiger partial charge < -0.3 is 14.4 Å². The number of nitrogens with one attached hydrogen (secondary N) is 1. The number of hydrogen-bond acceptors (Lipinski definition) is 8. The van der Waals surface area contributed by atoms with Crippen molar-refractivity contribution in [3.63, 3.8) is 0 Å². The second-order valence-electron chi connectivity index (χ2n) is 8.93. The lowest BCUT2D eigenvalue weighted by Crippen LogP contribution is -2.54. The van der Waals surface area contributed by atoms with E-state index in [4.69, 9.17) is 9.47 Å². The number of amides is 4. The number of carbonyl (C=O) groups is 4. The van der Waals surface area contributed by atoms with Crippen LogP contribution in [0.3, 0.4) is 0 Å². The van der Waals surface area contributed by atoms with E-state index in [-0.39, 0.29) is 19.1 Å². The standard InChI is InChI=1S/C24H32N4O6/c1-17-4-5-18(27-11-9-26(10-12-27)8-2-3-22-33-13-14-34-22)15-19(17)24(32)28(16-29)20-6-7-21(30)25-23(20)31/h4-5,15-16,20,22H,2-3,6-14H2,1H3,(H,25,30,31). The number of benzene rings is 1. The summed E-state index contributed by atoms with van der Waals surface area (Å²) in [5.41, 5.74) is 2.02. The number of aryl methyl sites for hydroxylation is 1. The molecule has 1 aromatic carbocycles. The number of rotatable bonds is 8. The Balaban J connectivity index is 1.36. The fraction of sp³-hybridized carbons (Fsp3) is 0.583. The van der Waals surface area contributed by atoms with Gasteiger partial charge in [0.05, 0.1) is 13.2 Å². The summed E-state index contributed by atoms with van der Waals surface area (Å²) in [4.78, 5) is 54.2. The lowest BCUT2D eigenvalue weighted by Gasteiger charge is -2.36. The number of anilines is 1. The van der Waals surface area contributed by atoms with E-state index in [2.05, 4.69) is 15.1 Å². The average molecular weight is 473 g/mol. The summed E-state index contributed by atoms with van der Waals surface area (Å²) in [6.07, 6.45) is 2.48. The Morgan fingerprint density at radius 1 is 1.18 bits per heavy atom. The maximum absolute atomic E-state index is 13.2. The maximum Gasteiger partial charge on any atom is 0.261 e. The van der Waals surface area contributed by atoms with E-state index in [1.54, 1.807) is 13.0 Å². The van der Waals surface area contributed by atoms with E-state index in [1.807, 2.05) is 12.1 Å². The Morgan fingerprint density at radius 2 is 1.91 bits per heavy atom. The molecule has 0 spiro atoms. The number of hydrogen-bond donors (Lipinski definition) is 1. The van der Waals surface area contributed by atoms with Crippen molar-refractivity contribution >= 4 is 29.8 Å². The number of nitrogens with zero attached hydrogens (tertiary/aromatic N) is 3. The third-order valence-corrected chi connectivity index (χ3v) is 6.69. The van der Waals surface area contributed by atoms with Gasteiger partial charge in [0, 0.05) is 43.9 Å². The highest BCUT2D eigenvalue weighted by molar-refractivity contribution is 6.07. The fourth-order valence-corrected chi connectivity index (χ4v) is 4.67. The predicted octanol–water partition coefficient (Wildman–Crippen LogP) is 0.674. The summed E-state index contributed by atoms with van der Waals surface area (Å²) in [5.74, 6) is -1.54. The molecule has 3 fully saturated rings. The van der Waals surface area contributed by atoms with Crippen molar-refractivity contribution in [1.29, 1.82) is 0 Å². The molecule has 0 aromatic heterocycles. The van der Waals surface area contributed by atoms with E-state index in [1.165, 1.54) is 0 Å². The molecule has 0 saturated carbocycles. The Morgan fingerprint density at radius 3 is 2.59 bits per heavy atom. The van der Waals surface area contributed by atoms with Crippen LogP contribution in [0.25, 0.3) is 0 Å². The third kappa shape index (κ3) is 5.63. The summed E-state index contributed by atoms with van der Waals surface area (Å²) in [6.45, 7) is 7.66. The molecule has 34 heavy (non-hydrogen) atoms. The van der Waals surface area contributed by atoms with Crippen LogP contribution in [0.15, 0.2) is 18.2 Å². The van der Waals surface area contributed by atoms with Crippen LogP contribution in [0.5, 0.6) is 0 Å². The van der Waals surface area contributed by atoms with Crippen LogP contribution in [0.4, 0.5) is 5.69 Å². The van der Waals surface area contributed by atoms with Gasteiger partial charge in [-0.2, -0.15) is 0 Å². The lowest BCUT2D eigenvalue weighted by atomic mass is 10.0. The molecule has 1 aromatic rings. The molecule has 0 aliphatic carbocycles. The van der Waals surface area contributed by atoms with Crippen LogP contribution in [0.2, 0.25) is 0 Å². The third-order valence-electron chi connectivity index (χ3n) is 6.69. The molecule has 0 bridgehead atoms. The molecule has 0 radical (unpaired) electrons. The minimum absolute atomic E-state index is 0.0593. The zero-order chi connectivity index (χ0) is 24.1. The van der Waals surface area contributed by atoms with Crippen LogP contribution in [0, 0.1) is 6.92 Å². The molecule has 3 heterocycles. The van der Waals surface area contributed by atoms with Crippen molar-refractivity contribution in [2.45, 2.75) is 44.9 Å². The van der Waals surface area contributed by atoms with Gasteiger partial charge in [0.25, 0.3) is 5.91 Å². The molecular formula is C24H32N4O6. The molecule has 1 N–H and O–H groups in total. The van der Waals surface area contributed by atoms with Gasteiger partial charge in [-0.3, -0.25) is 34.3 Å². The van der Waals surface area contributed by atoms with E-state index in [0.717, 1.165) is 61.7 Å². The second kappa shape index (κ2) is 11.1. The van der Waals surface area contributed by atoms with Crippen LogP contribution in [-0.2, 0) is 23.9 Å². The van der Waals surface area contributed by atoms with Crippen molar-refractivity contribution in [3.8, 4) is 0 Å². The van der Waals surface area contributed by atoms with E-state index < -0.39 is 23.8 Å². The molecule has 10 heteroatoms. The van der Waals surface area contributed by atoms with Gasteiger partial charge in [0.2, 0.25) is 18.2 Å². The Bertz CT molecular complexity index is 924. The number of carbonyl (C=O) groups excluding carboxylic acids is 4. The number of piperidine rings is 1. The molecule has 3 aliphatic rings. The first-order chi connectivity index (χ1) is 16.5. The molecule has 1 unspecified atom stereocenters. The monoisotopic (exact) mass is 472 g/mol. The van der Waals surface area contributed by atoms with Gasteiger partial charge in [-0.25, -0.2) is 0 Å². The van der Waals surface area contributed by atoms with Crippen molar-refractivity contribution in [1.82, 2.24) is 15.1 Å². The minimum atomic E-state index is -0.977. The topological polar surface area (TPSA) is 108 Å². The number of ether oxygens (including phenoxy) is 2. The number of piperazine rings is 1. The minimum Gasteiger partial charge on any atom is -0.369 e. The van der Waals surface area contributed by atoms with Gasteiger partial charge in [-0.05, 0) is 50.4 Å². The molecule has 10 nitrogen and oxygen atoms in total. The highest BCUT2D eigenvalue weighted by atomic mass is 16.7. The largest absolute Gasteiger partial charge is 0.369 e. The molecule has 4 amide bonds. The Kier molecular flexibility index (Phi) is 7.91. The van der Waals surface area contributed by atoms with Crippen molar-refractivity contribution in [3.05, 3.63) is 29.3 Å². The predicted molar refractivity (Wildman–Crippen MR) is 123 cm³/mol. The fourth-order valence-electron chi connectivity index (χ4n) is 4.67. The lowest BCUT2D eigenvalue weighted by molar-refractivity contribution is -0.139.